The number of nitrogens with zero attached hydrogens (tertiary/aromatic N) is 5. The Morgan fingerprint density at radius 1 is 1.18 bits per heavy atom. The van der Waals surface area contributed by atoms with Gasteiger partial charge in [0.05, 0.1) is 16.7 Å². The monoisotopic (exact) mass is 411 g/mol. The summed E-state index contributed by atoms with van der Waals surface area (Å²) in [5.41, 5.74) is 3.12. The lowest BCUT2D eigenvalue weighted by atomic mass is 10.1. The van der Waals surface area contributed by atoms with Gasteiger partial charge in [-0.3, -0.25) is 13.8 Å². The maximum atomic E-state index is 12.7. The molecule has 5 aromatic rings. The van der Waals surface area contributed by atoms with Crippen LogP contribution in [0.15, 0.2) is 50.8 Å². The van der Waals surface area contributed by atoms with E-state index in [0.29, 0.717) is 38.6 Å². The number of rotatable bonds is 3. The molecular weight excluding hydrogens is 398 g/mol. The molecule has 3 heterocycles. The average Bonchev–Trinajstić information content (AvgIpc) is 3.28. The molecule has 0 fully saturated rings. The summed E-state index contributed by atoms with van der Waals surface area (Å²) in [4.78, 5) is 17.1. The molecule has 7 nitrogen and oxygen atoms in total. The normalized spacial score (nSPS) is 11.8. The first-order valence-corrected chi connectivity index (χ1v) is 9.90. The zero-order chi connectivity index (χ0) is 19.4. The molecule has 0 bridgehead atoms. The number of hydrogen-bond acceptors (Lipinski definition) is 6. The van der Waals surface area contributed by atoms with Gasteiger partial charge in [-0.1, -0.05) is 35.0 Å². The van der Waals surface area contributed by atoms with E-state index >= 15 is 0 Å². The number of thioether (sulfide) groups is 1. The molecule has 0 saturated heterocycles. The molecule has 0 saturated carbocycles. The number of oxazole rings is 1. The number of benzene rings is 2. The Labute approximate surface area is 168 Å². The molecule has 0 aliphatic rings. The molecule has 140 valence electrons. The van der Waals surface area contributed by atoms with Gasteiger partial charge in [-0.05, 0) is 31.2 Å². The Hall–Kier alpha value is -2.84. The Kier molecular flexibility index (Phi) is 3.92. The van der Waals surface area contributed by atoms with Crippen LogP contribution in [-0.4, -0.2) is 24.1 Å². The lowest BCUT2D eigenvalue weighted by molar-refractivity contribution is 0.489. The second-order valence-electron chi connectivity index (χ2n) is 6.52. The fourth-order valence-corrected chi connectivity index (χ4v) is 4.13. The average molecular weight is 412 g/mol. The van der Waals surface area contributed by atoms with E-state index in [0.717, 1.165) is 16.6 Å². The number of aryl methyl sites for hydroxylation is 2. The third-order valence-electron chi connectivity index (χ3n) is 4.60. The molecule has 0 aliphatic heterocycles. The predicted molar refractivity (Wildman–Crippen MR) is 109 cm³/mol. The highest BCUT2D eigenvalue weighted by Crippen LogP contribution is 2.28. The third kappa shape index (κ3) is 2.68. The zero-order valence-corrected chi connectivity index (χ0v) is 16.6. The van der Waals surface area contributed by atoms with Crippen molar-refractivity contribution in [1.82, 2.24) is 24.1 Å². The van der Waals surface area contributed by atoms with E-state index in [1.165, 1.54) is 16.3 Å². The van der Waals surface area contributed by atoms with Gasteiger partial charge in [0.25, 0.3) is 10.8 Å². The fourth-order valence-electron chi connectivity index (χ4n) is 3.22. The highest BCUT2D eigenvalue weighted by molar-refractivity contribution is 7.98. The van der Waals surface area contributed by atoms with E-state index in [1.807, 2.05) is 35.6 Å². The molecular formula is C19H14ClN5O2S. The van der Waals surface area contributed by atoms with Gasteiger partial charge in [0.15, 0.2) is 5.58 Å². The van der Waals surface area contributed by atoms with E-state index in [1.54, 1.807) is 19.2 Å². The van der Waals surface area contributed by atoms with Crippen molar-refractivity contribution in [2.24, 2.45) is 7.05 Å². The second kappa shape index (κ2) is 6.35. The Balaban J connectivity index is 1.59. The predicted octanol–water partition coefficient (Wildman–Crippen LogP) is 3.98. The summed E-state index contributed by atoms with van der Waals surface area (Å²) in [6.45, 7) is 1.96. The highest BCUT2D eigenvalue weighted by atomic mass is 35.5. The summed E-state index contributed by atoms with van der Waals surface area (Å²) in [6.07, 6.45) is 0. The SMILES string of the molecule is Cc1ccc2c(c1)c(=O)n(C)c1nnc(CSc3nc4ccc(Cl)cc4o3)n21. The Bertz CT molecular complexity index is 1440. The summed E-state index contributed by atoms with van der Waals surface area (Å²) >= 11 is 7.42. The summed E-state index contributed by atoms with van der Waals surface area (Å²) < 4.78 is 9.18. The first-order valence-electron chi connectivity index (χ1n) is 8.53. The lowest BCUT2D eigenvalue weighted by Gasteiger charge is -2.08. The van der Waals surface area contributed by atoms with E-state index in [9.17, 15) is 4.79 Å². The van der Waals surface area contributed by atoms with Crippen LogP contribution in [0.4, 0.5) is 0 Å². The van der Waals surface area contributed by atoms with Crippen molar-refractivity contribution in [2.45, 2.75) is 17.9 Å². The van der Waals surface area contributed by atoms with Crippen LogP contribution in [0.3, 0.4) is 0 Å². The van der Waals surface area contributed by atoms with Crippen molar-refractivity contribution in [2.75, 3.05) is 0 Å². The van der Waals surface area contributed by atoms with Gasteiger partial charge in [-0.2, -0.15) is 0 Å². The number of halogens is 1. The minimum absolute atomic E-state index is 0.0892. The van der Waals surface area contributed by atoms with Crippen LogP contribution in [0.5, 0.6) is 0 Å². The third-order valence-corrected chi connectivity index (χ3v) is 5.66. The van der Waals surface area contributed by atoms with Crippen LogP contribution in [0, 0.1) is 6.92 Å². The van der Waals surface area contributed by atoms with E-state index in [-0.39, 0.29) is 5.56 Å². The van der Waals surface area contributed by atoms with E-state index in [4.69, 9.17) is 16.0 Å². The highest BCUT2D eigenvalue weighted by Gasteiger charge is 2.16. The van der Waals surface area contributed by atoms with E-state index < -0.39 is 0 Å². The molecule has 0 N–H and O–H groups in total. The van der Waals surface area contributed by atoms with Crippen LogP contribution in [0.1, 0.15) is 11.4 Å². The maximum Gasteiger partial charge on any atom is 0.262 e. The zero-order valence-electron chi connectivity index (χ0n) is 15.0. The fraction of sp³-hybridized carbons (Fsp3) is 0.158. The molecule has 0 amide bonds. The summed E-state index contributed by atoms with van der Waals surface area (Å²) in [6, 6.07) is 11.1. The topological polar surface area (TPSA) is 78.2 Å². The van der Waals surface area contributed by atoms with Gasteiger partial charge in [0.2, 0.25) is 5.78 Å². The van der Waals surface area contributed by atoms with Gasteiger partial charge < -0.3 is 4.42 Å². The molecule has 0 radical (unpaired) electrons. The summed E-state index contributed by atoms with van der Waals surface area (Å²) in [5.74, 6) is 1.70. The van der Waals surface area contributed by atoms with Crippen molar-refractivity contribution >= 4 is 51.1 Å². The Morgan fingerprint density at radius 3 is 2.89 bits per heavy atom. The van der Waals surface area contributed by atoms with Gasteiger partial charge in [0, 0.05) is 18.1 Å². The maximum absolute atomic E-state index is 12.7. The molecule has 0 atom stereocenters. The number of aromatic nitrogens is 5. The summed E-state index contributed by atoms with van der Waals surface area (Å²) in [5, 5.41) is 10.3. The molecule has 3 aromatic heterocycles. The van der Waals surface area contributed by atoms with Crippen LogP contribution >= 0.6 is 23.4 Å². The standard InChI is InChI=1S/C19H14ClN5O2S/c1-10-3-6-14-12(7-10)17(26)24(2)18-23-22-16(25(14)18)9-28-19-21-13-5-4-11(20)8-15(13)27-19/h3-8H,9H2,1-2H3. The molecule has 28 heavy (non-hydrogen) atoms. The van der Waals surface area contributed by atoms with Crippen molar-refractivity contribution in [3.63, 3.8) is 0 Å². The Morgan fingerprint density at radius 2 is 2.04 bits per heavy atom. The molecule has 0 unspecified atom stereocenters. The molecule has 2 aromatic carbocycles. The van der Waals surface area contributed by atoms with E-state index in [2.05, 4.69) is 15.2 Å². The smallest absolute Gasteiger partial charge is 0.262 e. The minimum Gasteiger partial charge on any atom is -0.431 e. The number of hydrogen-bond donors (Lipinski definition) is 0. The van der Waals surface area contributed by atoms with Crippen molar-refractivity contribution in [3.8, 4) is 0 Å². The first kappa shape index (κ1) is 17.3. The van der Waals surface area contributed by atoms with Crippen molar-refractivity contribution in [3.05, 3.63) is 63.2 Å². The molecule has 9 heteroatoms. The quantitative estimate of drug-likeness (QED) is 0.418. The van der Waals surface area contributed by atoms with Crippen LogP contribution in [0.2, 0.25) is 5.02 Å². The minimum atomic E-state index is -0.0892. The van der Waals surface area contributed by atoms with Crippen molar-refractivity contribution < 1.29 is 4.42 Å². The van der Waals surface area contributed by atoms with Gasteiger partial charge >= 0.3 is 0 Å². The molecule has 0 aliphatic carbocycles. The summed E-state index contributed by atoms with van der Waals surface area (Å²) in [7, 11) is 1.70. The first-order chi connectivity index (χ1) is 13.5. The van der Waals surface area contributed by atoms with Crippen molar-refractivity contribution in [1.29, 1.82) is 0 Å². The largest absolute Gasteiger partial charge is 0.431 e. The van der Waals surface area contributed by atoms with Gasteiger partial charge in [0.1, 0.15) is 11.3 Å². The van der Waals surface area contributed by atoms with Gasteiger partial charge in [-0.15, -0.1) is 10.2 Å². The molecule has 5 rings (SSSR count). The second-order valence-corrected chi connectivity index (χ2v) is 7.88. The van der Waals surface area contributed by atoms with Crippen LogP contribution in [-0.2, 0) is 12.8 Å². The molecule has 0 spiro atoms. The van der Waals surface area contributed by atoms with Gasteiger partial charge in [-0.25, -0.2) is 4.98 Å². The van der Waals surface area contributed by atoms with Crippen LogP contribution in [0.25, 0.3) is 27.8 Å². The van der Waals surface area contributed by atoms with Crippen LogP contribution < -0.4 is 5.56 Å². The number of fused-ring (bicyclic) bond motifs is 4. The lowest BCUT2D eigenvalue weighted by Crippen LogP contribution is -2.20.